The molecule has 1 aliphatic rings. The molecule has 104 valence electrons. The molecule has 1 saturated heterocycles. The van der Waals surface area contributed by atoms with E-state index in [2.05, 4.69) is 44.8 Å². The van der Waals surface area contributed by atoms with Gasteiger partial charge in [0.2, 0.25) is 0 Å². The number of likely N-dealkylation sites (tertiary alicyclic amines) is 1. The van der Waals surface area contributed by atoms with E-state index in [-0.39, 0.29) is 0 Å². The van der Waals surface area contributed by atoms with E-state index in [0.717, 1.165) is 19.0 Å². The van der Waals surface area contributed by atoms with Gasteiger partial charge in [-0.1, -0.05) is 24.3 Å². The number of aliphatic imine (C=N–C) groups is 1. The second-order valence-corrected chi connectivity index (χ2v) is 4.98. The molecule has 1 fully saturated rings. The molecule has 4 heteroatoms. The summed E-state index contributed by atoms with van der Waals surface area (Å²) in [5.41, 5.74) is 2.69. The highest BCUT2D eigenvalue weighted by Gasteiger charge is 2.11. The van der Waals surface area contributed by atoms with Crippen LogP contribution in [0, 0.1) is 0 Å². The van der Waals surface area contributed by atoms with Gasteiger partial charge in [-0.3, -0.25) is 9.89 Å². The van der Waals surface area contributed by atoms with E-state index in [1.807, 2.05) is 7.05 Å². The van der Waals surface area contributed by atoms with Gasteiger partial charge in [0.25, 0.3) is 0 Å². The van der Waals surface area contributed by atoms with E-state index < -0.39 is 0 Å². The van der Waals surface area contributed by atoms with Crippen LogP contribution in [0.25, 0.3) is 0 Å². The number of hydrogen-bond donors (Lipinski definition) is 2. The van der Waals surface area contributed by atoms with Crippen LogP contribution in [-0.2, 0) is 13.1 Å². The fourth-order valence-corrected chi connectivity index (χ4v) is 2.43. The van der Waals surface area contributed by atoms with Gasteiger partial charge in [-0.05, 0) is 37.1 Å². The van der Waals surface area contributed by atoms with Crippen molar-refractivity contribution in [2.45, 2.75) is 25.9 Å². The van der Waals surface area contributed by atoms with Gasteiger partial charge < -0.3 is 10.6 Å². The Hall–Kier alpha value is -1.55. The van der Waals surface area contributed by atoms with Crippen molar-refractivity contribution >= 4 is 5.96 Å². The summed E-state index contributed by atoms with van der Waals surface area (Å²) in [4.78, 5) is 6.62. The normalized spacial score (nSPS) is 16.6. The van der Waals surface area contributed by atoms with Crippen molar-refractivity contribution in [3.05, 3.63) is 35.4 Å². The predicted octanol–water partition coefficient (Wildman–Crippen LogP) is 1.58. The summed E-state index contributed by atoms with van der Waals surface area (Å²) < 4.78 is 0. The fraction of sp³-hybridized carbons (Fsp3) is 0.533. The van der Waals surface area contributed by atoms with Crippen molar-refractivity contribution < 1.29 is 0 Å². The van der Waals surface area contributed by atoms with Crippen LogP contribution in [0.1, 0.15) is 24.0 Å². The fourth-order valence-electron chi connectivity index (χ4n) is 2.43. The number of hydrogen-bond acceptors (Lipinski definition) is 2. The van der Waals surface area contributed by atoms with Gasteiger partial charge in [0.05, 0.1) is 0 Å². The molecule has 2 N–H and O–H groups in total. The largest absolute Gasteiger partial charge is 0.359 e. The third-order valence-electron chi connectivity index (χ3n) is 3.55. The van der Waals surface area contributed by atoms with Gasteiger partial charge in [-0.25, -0.2) is 0 Å². The molecule has 0 spiro atoms. The molecule has 0 amide bonds. The highest BCUT2D eigenvalue weighted by atomic mass is 15.1. The highest BCUT2D eigenvalue weighted by Crippen LogP contribution is 2.13. The first-order valence-corrected chi connectivity index (χ1v) is 7.00. The first-order valence-electron chi connectivity index (χ1n) is 7.00. The summed E-state index contributed by atoms with van der Waals surface area (Å²) in [6, 6.07) is 8.86. The summed E-state index contributed by atoms with van der Waals surface area (Å²) in [7, 11) is 3.65. The van der Waals surface area contributed by atoms with Gasteiger partial charge >= 0.3 is 0 Å². The molecule has 0 aromatic heterocycles. The van der Waals surface area contributed by atoms with Crippen molar-refractivity contribution in [3.8, 4) is 0 Å². The molecule has 0 radical (unpaired) electrons. The number of guanidine groups is 1. The first-order chi connectivity index (χ1) is 9.31. The van der Waals surface area contributed by atoms with Crippen molar-refractivity contribution in [1.82, 2.24) is 15.5 Å². The van der Waals surface area contributed by atoms with Crippen LogP contribution in [-0.4, -0.2) is 38.0 Å². The second kappa shape index (κ2) is 7.14. The van der Waals surface area contributed by atoms with Crippen molar-refractivity contribution in [1.29, 1.82) is 0 Å². The Balaban J connectivity index is 1.83. The summed E-state index contributed by atoms with van der Waals surface area (Å²) in [5.74, 6) is 0.821. The smallest absolute Gasteiger partial charge is 0.190 e. The topological polar surface area (TPSA) is 39.7 Å². The number of benzene rings is 1. The maximum Gasteiger partial charge on any atom is 0.190 e. The first kappa shape index (κ1) is 13.9. The lowest BCUT2D eigenvalue weighted by molar-refractivity contribution is 0.331. The van der Waals surface area contributed by atoms with Crippen LogP contribution in [0.15, 0.2) is 29.3 Å². The molecule has 1 aromatic carbocycles. The van der Waals surface area contributed by atoms with Crippen molar-refractivity contribution in [3.63, 3.8) is 0 Å². The molecule has 19 heavy (non-hydrogen) atoms. The molecule has 0 saturated carbocycles. The lowest BCUT2D eigenvalue weighted by atomic mass is 10.1. The number of rotatable bonds is 4. The zero-order valence-electron chi connectivity index (χ0n) is 11.9. The van der Waals surface area contributed by atoms with Gasteiger partial charge in [0, 0.05) is 27.2 Å². The average molecular weight is 260 g/mol. The Morgan fingerprint density at radius 3 is 2.37 bits per heavy atom. The van der Waals surface area contributed by atoms with Crippen LogP contribution in [0.4, 0.5) is 0 Å². The Morgan fingerprint density at radius 2 is 1.79 bits per heavy atom. The zero-order chi connectivity index (χ0) is 13.5. The summed E-state index contributed by atoms with van der Waals surface area (Å²) >= 11 is 0. The van der Waals surface area contributed by atoms with E-state index in [1.165, 1.54) is 37.1 Å². The van der Waals surface area contributed by atoms with Crippen LogP contribution in [0.5, 0.6) is 0 Å². The van der Waals surface area contributed by atoms with Crippen LogP contribution < -0.4 is 10.6 Å². The Bertz CT molecular complexity index is 405. The molecule has 1 heterocycles. The van der Waals surface area contributed by atoms with E-state index in [0.29, 0.717) is 0 Å². The second-order valence-electron chi connectivity index (χ2n) is 4.98. The van der Waals surface area contributed by atoms with Crippen molar-refractivity contribution in [2.24, 2.45) is 4.99 Å². The molecule has 0 aliphatic carbocycles. The average Bonchev–Trinajstić information content (AvgIpc) is 2.95. The predicted molar refractivity (Wildman–Crippen MR) is 80.2 cm³/mol. The number of nitrogens with one attached hydrogen (secondary N) is 2. The third kappa shape index (κ3) is 4.24. The minimum atomic E-state index is 0.803. The maximum absolute atomic E-state index is 4.10. The lowest BCUT2D eigenvalue weighted by Crippen LogP contribution is -2.34. The molecule has 0 unspecified atom stereocenters. The highest BCUT2D eigenvalue weighted by molar-refractivity contribution is 5.79. The zero-order valence-corrected chi connectivity index (χ0v) is 11.9. The number of nitrogens with zero attached hydrogens (tertiary/aromatic N) is 2. The summed E-state index contributed by atoms with van der Waals surface area (Å²) in [6.45, 7) is 4.40. The molecule has 0 atom stereocenters. The minimum absolute atomic E-state index is 0.803. The molecule has 0 bridgehead atoms. The van der Waals surface area contributed by atoms with Gasteiger partial charge in [0.15, 0.2) is 5.96 Å². The van der Waals surface area contributed by atoms with Crippen LogP contribution >= 0.6 is 0 Å². The van der Waals surface area contributed by atoms with Gasteiger partial charge in [-0.15, -0.1) is 0 Å². The van der Waals surface area contributed by atoms with Crippen LogP contribution in [0.2, 0.25) is 0 Å². The quantitative estimate of drug-likeness (QED) is 0.638. The monoisotopic (exact) mass is 260 g/mol. The SMILES string of the molecule is CN=C(NC)NCc1ccc(CN2CCCC2)cc1. The molecular weight excluding hydrogens is 236 g/mol. The van der Waals surface area contributed by atoms with Crippen LogP contribution in [0.3, 0.4) is 0 Å². The summed E-state index contributed by atoms with van der Waals surface area (Å²) in [6.07, 6.45) is 2.70. The lowest BCUT2D eigenvalue weighted by Gasteiger charge is -2.15. The standard InChI is InChI=1S/C15H24N4/c1-16-15(17-2)18-11-13-5-7-14(8-6-13)12-19-9-3-4-10-19/h5-8H,3-4,9-12H2,1-2H3,(H2,16,17,18). The van der Waals surface area contributed by atoms with Gasteiger partial charge in [-0.2, -0.15) is 0 Å². The minimum Gasteiger partial charge on any atom is -0.359 e. The van der Waals surface area contributed by atoms with E-state index in [4.69, 9.17) is 0 Å². The summed E-state index contributed by atoms with van der Waals surface area (Å²) in [5, 5.41) is 6.27. The van der Waals surface area contributed by atoms with E-state index in [9.17, 15) is 0 Å². The Kier molecular flexibility index (Phi) is 5.21. The molecular formula is C15H24N4. The molecule has 2 rings (SSSR count). The van der Waals surface area contributed by atoms with E-state index >= 15 is 0 Å². The van der Waals surface area contributed by atoms with E-state index in [1.54, 1.807) is 7.05 Å². The van der Waals surface area contributed by atoms with Crippen molar-refractivity contribution in [2.75, 3.05) is 27.2 Å². The molecule has 1 aromatic rings. The molecule has 1 aliphatic heterocycles. The Morgan fingerprint density at radius 1 is 1.16 bits per heavy atom. The third-order valence-corrected chi connectivity index (χ3v) is 3.55. The Labute approximate surface area is 115 Å². The molecule has 4 nitrogen and oxygen atoms in total. The maximum atomic E-state index is 4.10. The van der Waals surface area contributed by atoms with Gasteiger partial charge in [0.1, 0.15) is 0 Å².